The predicted octanol–water partition coefficient (Wildman–Crippen LogP) is 6.07. The molecule has 0 aromatic heterocycles. The van der Waals surface area contributed by atoms with Gasteiger partial charge in [0.25, 0.3) is 0 Å². The molecule has 1 saturated carbocycles. The van der Waals surface area contributed by atoms with Crippen LogP contribution >= 0.6 is 15.9 Å². The zero-order valence-corrected chi connectivity index (χ0v) is 13.8. The van der Waals surface area contributed by atoms with E-state index in [1.807, 2.05) is 0 Å². The maximum absolute atomic E-state index is 3.81. The van der Waals surface area contributed by atoms with Crippen LogP contribution < -0.4 is 0 Å². The molecule has 3 atom stereocenters. The van der Waals surface area contributed by atoms with Crippen molar-refractivity contribution in [1.82, 2.24) is 0 Å². The number of fused-ring (bicyclic) bond motifs is 5. The first kappa shape index (κ1) is 12.9. The summed E-state index contributed by atoms with van der Waals surface area (Å²) in [6, 6.07) is 11.3. The van der Waals surface area contributed by atoms with Crippen molar-refractivity contribution in [2.24, 2.45) is 11.3 Å². The molecule has 104 valence electrons. The summed E-state index contributed by atoms with van der Waals surface area (Å²) >= 11 is 3.81. The van der Waals surface area contributed by atoms with E-state index in [1.54, 1.807) is 11.1 Å². The zero-order chi connectivity index (χ0) is 13.9. The lowest BCUT2D eigenvalue weighted by molar-refractivity contribution is 0.248. The average molecular weight is 329 g/mol. The third kappa shape index (κ3) is 1.72. The molecule has 0 nitrogen and oxygen atoms in total. The number of hydrogen-bond acceptors (Lipinski definition) is 0. The summed E-state index contributed by atoms with van der Waals surface area (Å²) in [5.74, 6) is 1.64. The van der Waals surface area contributed by atoms with Crippen LogP contribution in [0.25, 0.3) is 10.8 Å². The zero-order valence-electron chi connectivity index (χ0n) is 12.2. The SMILES string of the molecule is C[C@H]1C[C@@H]2c3cc(Br)c4ccccc4c3CC[C@@]2(C)C1. The number of aryl methyl sites for hydroxylation is 1. The van der Waals surface area contributed by atoms with Crippen LogP contribution in [0.1, 0.15) is 50.2 Å². The summed E-state index contributed by atoms with van der Waals surface area (Å²) < 4.78 is 1.27. The molecule has 0 saturated heterocycles. The highest BCUT2D eigenvalue weighted by Gasteiger charge is 2.46. The molecule has 2 aliphatic carbocycles. The Bertz CT molecular complexity index is 687. The molecular formula is C19H21Br. The fourth-order valence-corrected chi connectivity index (χ4v) is 5.49. The van der Waals surface area contributed by atoms with Gasteiger partial charge in [-0.15, -0.1) is 0 Å². The third-order valence-corrected chi connectivity index (χ3v) is 6.41. The maximum atomic E-state index is 3.81. The molecule has 0 unspecified atom stereocenters. The maximum Gasteiger partial charge on any atom is 0.0256 e. The van der Waals surface area contributed by atoms with Crippen LogP contribution in [-0.4, -0.2) is 0 Å². The van der Waals surface area contributed by atoms with Gasteiger partial charge in [0.2, 0.25) is 0 Å². The van der Waals surface area contributed by atoms with Gasteiger partial charge in [0.05, 0.1) is 0 Å². The minimum atomic E-state index is 0.536. The number of benzene rings is 2. The Morgan fingerprint density at radius 2 is 1.95 bits per heavy atom. The first-order valence-electron chi connectivity index (χ1n) is 7.78. The standard InChI is InChI=1S/C19H21Br/c1-12-9-17-16-10-18(20)15-6-4-3-5-13(15)14(16)7-8-19(17,2)11-12/h3-6,10,12,17H,7-9,11H2,1-2H3/t12-,17+,19-/m0/s1. The molecule has 0 heterocycles. The Hall–Kier alpha value is -0.820. The van der Waals surface area contributed by atoms with Crippen molar-refractivity contribution in [1.29, 1.82) is 0 Å². The van der Waals surface area contributed by atoms with Crippen LogP contribution in [0.15, 0.2) is 34.8 Å². The van der Waals surface area contributed by atoms with Gasteiger partial charge >= 0.3 is 0 Å². The highest BCUT2D eigenvalue weighted by molar-refractivity contribution is 9.10. The Balaban J connectivity index is 1.98. The van der Waals surface area contributed by atoms with E-state index in [9.17, 15) is 0 Å². The summed E-state index contributed by atoms with van der Waals surface area (Å²) in [6.45, 7) is 4.95. The van der Waals surface area contributed by atoms with E-state index >= 15 is 0 Å². The Morgan fingerprint density at radius 3 is 2.75 bits per heavy atom. The van der Waals surface area contributed by atoms with Crippen molar-refractivity contribution in [3.63, 3.8) is 0 Å². The van der Waals surface area contributed by atoms with Crippen LogP contribution in [0, 0.1) is 11.3 Å². The van der Waals surface area contributed by atoms with Crippen LogP contribution in [0.4, 0.5) is 0 Å². The van der Waals surface area contributed by atoms with Crippen molar-refractivity contribution in [2.75, 3.05) is 0 Å². The highest BCUT2D eigenvalue weighted by atomic mass is 79.9. The molecule has 0 N–H and O–H groups in total. The fraction of sp³-hybridized carbons (Fsp3) is 0.474. The van der Waals surface area contributed by atoms with Crippen molar-refractivity contribution < 1.29 is 0 Å². The smallest absolute Gasteiger partial charge is 0.0256 e. The van der Waals surface area contributed by atoms with Crippen molar-refractivity contribution in [3.8, 4) is 0 Å². The normalized spacial score (nSPS) is 32.1. The number of halogens is 1. The van der Waals surface area contributed by atoms with Crippen molar-refractivity contribution >= 4 is 26.7 Å². The fourth-order valence-electron chi connectivity index (χ4n) is 4.90. The molecule has 0 spiro atoms. The minimum Gasteiger partial charge on any atom is -0.0625 e. The lowest BCUT2D eigenvalue weighted by Gasteiger charge is -2.38. The molecule has 2 aromatic carbocycles. The van der Waals surface area contributed by atoms with Gasteiger partial charge in [0, 0.05) is 4.47 Å². The van der Waals surface area contributed by atoms with Gasteiger partial charge in [-0.2, -0.15) is 0 Å². The Labute approximate surface area is 129 Å². The van der Waals surface area contributed by atoms with Gasteiger partial charge in [-0.25, -0.2) is 0 Å². The van der Waals surface area contributed by atoms with E-state index < -0.39 is 0 Å². The lowest BCUT2D eigenvalue weighted by atomic mass is 9.66. The monoisotopic (exact) mass is 328 g/mol. The summed E-state index contributed by atoms with van der Waals surface area (Å²) in [4.78, 5) is 0. The highest BCUT2D eigenvalue weighted by Crippen LogP contribution is 2.58. The van der Waals surface area contributed by atoms with Crippen LogP contribution in [0.5, 0.6) is 0 Å². The minimum absolute atomic E-state index is 0.536. The summed E-state index contributed by atoms with van der Waals surface area (Å²) in [7, 11) is 0. The van der Waals surface area contributed by atoms with Crippen LogP contribution in [0.2, 0.25) is 0 Å². The van der Waals surface area contributed by atoms with Crippen LogP contribution in [-0.2, 0) is 6.42 Å². The molecular weight excluding hydrogens is 308 g/mol. The van der Waals surface area contributed by atoms with Gasteiger partial charge in [-0.1, -0.05) is 54.0 Å². The van der Waals surface area contributed by atoms with Crippen molar-refractivity contribution in [2.45, 2.75) is 45.4 Å². The molecule has 2 aliphatic rings. The second kappa shape index (κ2) is 4.34. The largest absolute Gasteiger partial charge is 0.0625 e. The lowest BCUT2D eigenvalue weighted by Crippen LogP contribution is -2.26. The van der Waals surface area contributed by atoms with Gasteiger partial charge in [-0.05, 0) is 70.9 Å². The first-order valence-corrected chi connectivity index (χ1v) is 8.58. The van der Waals surface area contributed by atoms with Gasteiger partial charge in [0.15, 0.2) is 0 Å². The second-order valence-corrected chi connectivity index (χ2v) is 8.08. The molecule has 0 bridgehead atoms. The number of rotatable bonds is 0. The van der Waals surface area contributed by atoms with E-state index in [2.05, 4.69) is 60.1 Å². The molecule has 0 amide bonds. The predicted molar refractivity (Wildman–Crippen MR) is 89.2 cm³/mol. The van der Waals surface area contributed by atoms with Crippen LogP contribution in [0.3, 0.4) is 0 Å². The third-order valence-electron chi connectivity index (χ3n) is 5.76. The second-order valence-electron chi connectivity index (χ2n) is 7.22. The molecule has 0 aliphatic heterocycles. The topological polar surface area (TPSA) is 0 Å². The van der Waals surface area contributed by atoms with E-state index in [0.717, 1.165) is 11.8 Å². The average Bonchev–Trinajstić information content (AvgIpc) is 2.74. The quantitative estimate of drug-likeness (QED) is 0.550. The summed E-state index contributed by atoms with van der Waals surface area (Å²) in [5, 5.41) is 2.85. The van der Waals surface area contributed by atoms with Gasteiger partial charge < -0.3 is 0 Å². The molecule has 1 fully saturated rings. The van der Waals surface area contributed by atoms with E-state index in [1.165, 1.54) is 40.9 Å². The summed E-state index contributed by atoms with van der Waals surface area (Å²) in [5.41, 5.74) is 3.79. The molecule has 4 rings (SSSR count). The Morgan fingerprint density at radius 1 is 1.20 bits per heavy atom. The van der Waals surface area contributed by atoms with Crippen molar-refractivity contribution in [3.05, 3.63) is 45.9 Å². The van der Waals surface area contributed by atoms with Gasteiger partial charge in [0.1, 0.15) is 0 Å². The Kier molecular flexibility index (Phi) is 2.79. The first-order chi connectivity index (χ1) is 9.58. The molecule has 20 heavy (non-hydrogen) atoms. The van der Waals surface area contributed by atoms with Gasteiger partial charge in [-0.3, -0.25) is 0 Å². The van der Waals surface area contributed by atoms with E-state index in [0.29, 0.717) is 5.41 Å². The number of hydrogen-bond donors (Lipinski definition) is 0. The van der Waals surface area contributed by atoms with E-state index in [4.69, 9.17) is 0 Å². The molecule has 0 radical (unpaired) electrons. The molecule has 2 aromatic rings. The summed E-state index contributed by atoms with van der Waals surface area (Å²) in [6.07, 6.45) is 5.39. The molecule has 1 heteroatoms. The van der Waals surface area contributed by atoms with E-state index in [-0.39, 0.29) is 0 Å².